The maximum Gasteiger partial charge on any atom is 0.0722 e. The lowest BCUT2D eigenvalue weighted by atomic mass is 9.85. The molecule has 0 saturated heterocycles. The summed E-state index contributed by atoms with van der Waals surface area (Å²) in [5.41, 5.74) is 5.78. The number of hydrogen-bond donors (Lipinski definition) is 0. The molecule has 1 nitrogen and oxygen atoms in total. The van der Waals surface area contributed by atoms with Crippen LogP contribution >= 0.6 is 0 Å². The monoisotopic (exact) mass is 431 g/mol. The van der Waals surface area contributed by atoms with E-state index < -0.39 is 0 Å². The van der Waals surface area contributed by atoms with Crippen LogP contribution in [-0.2, 0) is 0 Å². The van der Waals surface area contributed by atoms with E-state index in [0.29, 0.717) is 0 Å². The third-order valence-corrected chi connectivity index (χ3v) is 6.85. The Balaban J connectivity index is 1.66. The summed E-state index contributed by atoms with van der Waals surface area (Å²) in [4.78, 5) is 5.10. The molecule has 1 heterocycles. The second-order valence-electron chi connectivity index (χ2n) is 8.76. The molecule has 0 aliphatic carbocycles. The molecule has 6 aromatic carbocycles. The van der Waals surface area contributed by atoms with Crippen molar-refractivity contribution in [2.45, 2.75) is 0 Å². The van der Waals surface area contributed by atoms with Crippen molar-refractivity contribution < 1.29 is 0 Å². The van der Waals surface area contributed by atoms with Gasteiger partial charge < -0.3 is 0 Å². The van der Waals surface area contributed by atoms with Gasteiger partial charge >= 0.3 is 0 Å². The molecular weight excluding hydrogens is 410 g/mol. The molecule has 0 aliphatic rings. The minimum atomic E-state index is 1.01. The zero-order valence-corrected chi connectivity index (χ0v) is 18.6. The summed E-state index contributed by atoms with van der Waals surface area (Å²) in [5.74, 6) is 0. The molecule has 0 saturated carbocycles. The number of para-hydroxylation sites is 1. The van der Waals surface area contributed by atoms with Gasteiger partial charge in [0.1, 0.15) is 0 Å². The summed E-state index contributed by atoms with van der Waals surface area (Å²) in [5, 5.41) is 8.65. The van der Waals surface area contributed by atoms with Crippen LogP contribution in [0, 0.1) is 0 Å². The Morgan fingerprint density at radius 2 is 0.882 bits per heavy atom. The van der Waals surface area contributed by atoms with Gasteiger partial charge in [0.25, 0.3) is 0 Å². The van der Waals surface area contributed by atoms with Crippen molar-refractivity contribution in [2.24, 2.45) is 0 Å². The van der Waals surface area contributed by atoms with Crippen LogP contribution in [0.4, 0.5) is 0 Å². The zero-order valence-electron chi connectivity index (χ0n) is 18.6. The summed E-state index contributed by atoms with van der Waals surface area (Å²) >= 11 is 0. The molecule has 1 heteroatoms. The van der Waals surface area contributed by atoms with E-state index in [9.17, 15) is 0 Å². The van der Waals surface area contributed by atoms with Crippen LogP contribution in [0.2, 0.25) is 0 Å². The number of aromatic nitrogens is 1. The van der Waals surface area contributed by atoms with Gasteiger partial charge in [-0.15, -0.1) is 0 Å². The fourth-order valence-electron chi connectivity index (χ4n) is 5.34. The highest BCUT2D eigenvalue weighted by Crippen LogP contribution is 2.44. The molecule has 0 aliphatic heterocycles. The lowest BCUT2D eigenvalue weighted by Gasteiger charge is -2.18. The summed E-state index contributed by atoms with van der Waals surface area (Å²) in [6.07, 6.45) is 0. The maximum absolute atomic E-state index is 5.10. The molecule has 7 aromatic rings. The van der Waals surface area contributed by atoms with Gasteiger partial charge in [0.2, 0.25) is 0 Å². The SMILES string of the molecule is c1ccc2nc(-c3c4ccccc4c(-c4cccc5ccccc45)c4ccccc34)ccc2c1. The normalized spacial score (nSPS) is 11.5. The number of rotatable bonds is 2. The van der Waals surface area contributed by atoms with Gasteiger partial charge in [-0.3, -0.25) is 0 Å². The van der Waals surface area contributed by atoms with Crippen LogP contribution in [0.25, 0.3) is 65.6 Å². The van der Waals surface area contributed by atoms with Crippen molar-refractivity contribution in [3.8, 4) is 22.4 Å². The number of pyridine rings is 1. The first kappa shape index (κ1) is 19.0. The molecule has 0 amide bonds. The predicted molar refractivity (Wildman–Crippen MR) is 145 cm³/mol. The number of fused-ring (bicyclic) bond motifs is 4. The second-order valence-corrected chi connectivity index (χ2v) is 8.76. The van der Waals surface area contributed by atoms with Crippen LogP contribution in [0.3, 0.4) is 0 Å². The van der Waals surface area contributed by atoms with Crippen molar-refractivity contribution in [2.75, 3.05) is 0 Å². The van der Waals surface area contributed by atoms with Gasteiger partial charge in [0.05, 0.1) is 11.2 Å². The Kier molecular flexibility index (Phi) is 4.22. The van der Waals surface area contributed by atoms with Gasteiger partial charge in [0, 0.05) is 10.9 Å². The Hall–Kier alpha value is -4.49. The molecule has 0 fully saturated rings. The lowest BCUT2D eigenvalue weighted by Crippen LogP contribution is -1.93. The van der Waals surface area contributed by atoms with E-state index in [1.54, 1.807) is 0 Å². The maximum atomic E-state index is 5.10. The standard InChI is InChI=1S/C33H21N/c1-3-13-24-22(10-1)12-9-18-25(24)32-26-14-4-6-16-28(26)33(29-17-7-5-15-27(29)32)31-21-20-23-11-2-8-19-30(23)34-31/h1-21H. The van der Waals surface area contributed by atoms with Crippen molar-refractivity contribution in [1.82, 2.24) is 4.98 Å². The van der Waals surface area contributed by atoms with Gasteiger partial charge in [-0.2, -0.15) is 0 Å². The van der Waals surface area contributed by atoms with Crippen LogP contribution in [-0.4, -0.2) is 4.98 Å². The molecule has 1 aromatic heterocycles. The molecule has 0 atom stereocenters. The van der Waals surface area contributed by atoms with E-state index in [4.69, 9.17) is 4.98 Å². The molecular formula is C33H21N. The molecule has 0 radical (unpaired) electrons. The van der Waals surface area contributed by atoms with E-state index in [1.807, 2.05) is 0 Å². The first-order chi connectivity index (χ1) is 16.9. The van der Waals surface area contributed by atoms with Gasteiger partial charge in [-0.05, 0) is 55.6 Å². The van der Waals surface area contributed by atoms with Crippen molar-refractivity contribution in [3.63, 3.8) is 0 Å². The van der Waals surface area contributed by atoms with E-state index in [1.165, 1.54) is 49.0 Å². The fourth-order valence-corrected chi connectivity index (χ4v) is 5.34. The topological polar surface area (TPSA) is 12.9 Å². The summed E-state index contributed by atoms with van der Waals surface area (Å²) in [7, 11) is 0. The number of hydrogen-bond acceptors (Lipinski definition) is 1. The van der Waals surface area contributed by atoms with Crippen LogP contribution in [0.5, 0.6) is 0 Å². The van der Waals surface area contributed by atoms with Crippen molar-refractivity contribution in [3.05, 3.63) is 127 Å². The Morgan fingerprint density at radius 3 is 1.59 bits per heavy atom. The van der Waals surface area contributed by atoms with E-state index >= 15 is 0 Å². The van der Waals surface area contributed by atoms with Gasteiger partial charge in [-0.25, -0.2) is 4.98 Å². The second kappa shape index (κ2) is 7.54. The highest BCUT2D eigenvalue weighted by Gasteiger charge is 2.18. The smallest absolute Gasteiger partial charge is 0.0722 e. The quantitative estimate of drug-likeness (QED) is 0.249. The first-order valence-corrected chi connectivity index (χ1v) is 11.7. The zero-order chi connectivity index (χ0) is 22.5. The van der Waals surface area contributed by atoms with Crippen LogP contribution in [0.15, 0.2) is 127 Å². The van der Waals surface area contributed by atoms with E-state index in [-0.39, 0.29) is 0 Å². The van der Waals surface area contributed by atoms with Crippen molar-refractivity contribution >= 4 is 43.2 Å². The Labute approximate surface area is 197 Å². The van der Waals surface area contributed by atoms with Crippen LogP contribution in [0.1, 0.15) is 0 Å². The molecule has 0 bridgehead atoms. The molecule has 34 heavy (non-hydrogen) atoms. The summed E-state index contributed by atoms with van der Waals surface area (Å²) in [6, 6.07) is 45.5. The highest BCUT2D eigenvalue weighted by molar-refractivity contribution is 6.23. The Morgan fingerprint density at radius 1 is 0.353 bits per heavy atom. The van der Waals surface area contributed by atoms with E-state index in [0.717, 1.165) is 16.6 Å². The van der Waals surface area contributed by atoms with Crippen LogP contribution < -0.4 is 0 Å². The van der Waals surface area contributed by atoms with E-state index in [2.05, 4.69) is 127 Å². The number of benzene rings is 6. The molecule has 158 valence electrons. The largest absolute Gasteiger partial charge is 0.248 e. The van der Waals surface area contributed by atoms with Crippen molar-refractivity contribution in [1.29, 1.82) is 0 Å². The molecule has 0 N–H and O–H groups in total. The third kappa shape index (κ3) is 2.84. The third-order valence-electron chi connectivity index (χ3n) is 6.85. The average Bonchev–Trinajstić information content (AvgIpc) is 2.91. The minimum Gasteiger partial charge on any atom is -0.248 e. The molecule has 0 unspecified atom stereocenters. The summed E-state index contributed by atoms with van der Waals surface area (Å²) in [6.45, 7) is 0. The lowest BCUT2D eigenvalue weighted by molar-refractivity contribution is 1.42. The Bertz CT molecular complexity index is 1800. The predicted octanol–water partition coefficient (Wildman–Crippen LogP) is 9.03. The molecule has 0 spiro atoms. The fraction of sp³-hybridized carbons (Fsp3) is 0. The van der Waals surface area contributed by atoms with Gasteiger partial charge in [-0.1, -0.05) is 115 Å². The first-order valence-electron chi connectivity index (χ1n) is 11.7. The minimum absolute atomic E-state index is 1.01. The number of nitrogens with zero attached hydrogens (tertiary/aromatic N) is 1. The molecule has 7 rings (SSSR count). The average molecular weight is 432 g/mol. The highest BCUT2D eigenvalue weighted by atomic mass is 14.7. The summed E-state index contributed by atoms with van der Waals surface area (Å²) < 4.78 is 0. The van der Waals surface area contributed by atoms with Gasteiger partial charge in [0.15, 0.2) is 0 Å².